The molecule has 1 fully saturated rings. The number of unbranched alkanes of at least 4 members (excludes halogenated alkanes) is 1. The fourth-order valence-electron chi connectivity index (χ4n) is 3.38. The van der Waals surface area contributed by atoms with E-state index < -0.39 is 0 Å². The van der Waals surface area contributed by atoms with Crippen molar-refractivity contribution >= 4 is 29.3 Å². The van der Waals surface area contributed by atoms with Crippen LogP contribution in [0.4, 0.5) is 0 Å². The zero-order chi connectivity index (χ0) is 22.2. The van der Waals surface area contributed by atoms with E-state index in [1.165, 1.54) is 0 Å². The summed E-state index contributed by atoms with van der Waals surface area (Å²) in [6.07, 6.45) is 6.33. The Morgan fingerprint density at radius 1 is 1.16 bits per heavy atom. The molecule has 0 aliphatic carbocycles. The Hall–Kier alpha value is -3.12. The first kappa shape index (κ1) is 22.6. The summed E-state index contributed by atoms with van der Waals surface area (Å²) in [5, 5.41) is 3.49. The van der Waals surface area contributed by atoms with Gasteiger partial charge in [-0.1, -0.05) is 43.7 Å². The summed E-state index contributed by atoms with van der Waals surface area (Å²) in [7, 11) is 1.63. The van der Waals surface area contributed by atoms with Crippen molar-refractivity contribution in [2.75, 3.05) is 13.7 Å². The lowest BCUT2D eigenvalue weighted by Gasteiger charge is -2.13. The summed E-state index contributed by atoms with van der Waals surface area (Å²) in [5.74, 6) is 1.46. The lowest BCUT2D eigenvalue weighted by Crippen LogP contribution is -2.31. The first-order valence-electron chi connectivity index (χ1n) is 10.4. The maximum absolute atomic E-state index is 12.7. The van der Waals surface area contributed by atoms with Crippen LogP contribution in [-0.2, 0) is 17.8 Å². The third-order valence-corrected chi connectivity index (χ3v) is 5.36. The van der Waals surface area contributed by atoms with Gasteiger partial charge >= 0.3 is 0 Å². The van der Waals surface area contributed by atoms with Crippen molar-refractivity contribution in [2.45, 2.75) is 32.8 Å². The molecule has 0 radical (unpaired) electrons. The molecule has 3 rings (SSSR count). The van der Waals surface area contributed by atoms with Crippen LogP contribution in [0, 0.1) is 0 Å². The van der Waals surface area contributed by atoms with Crippen molar-refractivity contribution in [1.82, 2.24) is 10.2 Å². The van der Waals surface area contributed by atoms with E-state index in [1.807, 2.05) is 54.6 Å². The summed E-state index contributed by atoms with van der Waals surface area (Å²) in [4.78, 5) is 14.3. The van der Waals surface area contributed by atoms with Crippen LogP contribution in [0.1, 0.15) is 36.5 Å². The number of hydrogen-bond donors (Lipinski definition) is 1. The zero-order valence-corrected chi connectivity index (χ0v) is 18.8. The Labute approximate surface area is 189 Å². The first-order valence-corrected chi connectivity index (χ1v) is 10.8. The lowest BCUT2D eigenvalue weighted by molar-refractivity contribution is -0.122. The molecular formula is C25H28N2O3S. The van der Waals surface area contributed by atoms with Crippen LogP contribution in [0.3, 0.4) is 0 Å². The first-order chi connectivity index (χ1) is 15.1. The van der Waals surface area contributed by atoms with Crippen LogP contribution in [0.25, 0.3) is 6.08 Å². The zero-order valence-electron chi connectivity index (χ0n) is 18.0. The summed E-state index contributed by atoms with van der Waals surface area (Å²) < 4.78 is 11.6. The van der Waals surface area contributed by atoms with E-state index in [2.05, 4.69) is 18.8 Å². The minimum Gasteiger partial charge on any atom is -0.496 e. The summed E-state index contributed by atoms with van der Waals surface area (Å²) in [6, 6.07) is 13.7. The van der Waals surface area contributed by atoms with Crippen molar-refractivity contribution in [3.05, 3.63) is 77.5 Å². The van der Waals surface area contributed by atoms with Crippen molar-refractivity contribution in [1.29, 1.82) is 0 Å². The van der Waals surface area contributed by atoms with Gasteiger partial charge in [0.2, 0.25) is 0 Å². The molecule has 0 saturated carbocycles. The highest BCUT2D eigenvalue weighted by Gasteiger charge is 2.29. The van der Waals surface area contributed by atoms with Gasteiger partial charge in [-0.05, 0) is 60.5 Å². The number of thiocarbonyl (C=S) groups is 1. The predicted molar refractivity (Wildman–Crippen MR) is 128 cm³/mol. The minimum atomic E-state index is -0.0922. The van der Waals surface area contributed by atoms with E-state index in [4.69, 9.17) is 21.7 Å². The van der Waals surface area contributed by atoms with Crippen molar-refractivity contribution < 1.29 is 14.3 Å². The molecule has 0 spiro atoms. The number of methoxy groups -OCH3 is 1. The molecular weight excluding hydrogens is 408 g/mol. The van der Waals surface area contributed by atoms with E-state index in [1.54, 1.807) is 12.0 Å². The van der Waals surface area contributed by atoms with Gasteiger partial charge in [-0.2, -0.15) is 0 Å². The number of carbonyl (C=O) groups excluding carboxylic acids is 1. The molecule has 6 heteroatoms. The Balaban J connectivity index is 1.80. The molecule has 2 aromatic rings. The van der Waals surface area contributed by atoms with E-state index >= 15 is 0 Å². The Morgan fingerprint density at radius 3 is 2.71 bits per heavy atom. The quantitative estimate of drug-likeness (QED) is 0.327. The van der Waals surface area contributed by atoms with Crippen LogP contribution in [0.15, 0.2) is 60.8 Å². The van der Waals surface area contributed by atoms with E-state index in [-0.39, 0.29) is 5.91 Å². The fraction of sp³-hybridized carbons (Fsp3) is 0.280. The molecule has 1 heterocycles. The molecule has 0 unspecified atom stereocenters. The molecule has 0 atom stereocenters. The van der Waals surface area contributed by atoms with Gasteiger partial charge in [-0.25, -0.2) is 0 Å². The number of para-hydroxylation sites is 1. The minimum absolute atomic E-state index is 0.0922. The topological polar surface area (TPSA) is 50.8 Å². The largest absolute Gasteiger partial charge is 0.496 e. The SMILES string of the molecule is C=CCc1ccccc1OCc1cc(/C=C2/NC(=S)N(CCCC)C2=O)ccc1OC. The number of hydrogen-bond acceptors (Lipinski definition) is 4. The fourth-order valence-corrected chi connectivity index (χ4v) is 3.67. The Bertz CT molecular complexity index is 1000. The second-order valence-corrected chi connectivity index (χ2v) is 7.65. The van der Waals surface area contributed by atoms with Gasteiger partial charge in [0, 0.05) is 12.1 Å². The number of rotatable bonds is 10. The van der Waals surface area contributed by atoms with Gasteiger partial charge < -0.3 is 14.8 Å². The second kappa shape index (κ2) is 10.8. The summed E-state index contributed by atoms with van der Waals surface area (Å²) in [5.41, 5.74) is 3.32. The van der Waals surface area contributed by atoms with Gasteiger partial charge in [0.05, 0.1) is 7.11 Å². The Morgan fingerprint density at radius 2 is 1.97 bits per heavy atom. The van der Waals surface area contributed by atoms with Gasteiger partial charge in [-0.15, -0.1) is 6.58 Å². The molecule has 1 amide bonds. The number of amides is 1. The van der Waals surface area contributed by atoms with Crippen molar-refractivity contribution in [2.24, 2.45) is 0 Å². The second-order valence-electron chi connectivity index (χ2n) is 7.26. The normalized spacial score (nSPS) is 14.6. The molecule has 0 bridgehead atoms. The Kier molecular flexibility index (Phi) is 7.84. The van der Waals surface area contributed by atoms with E-state index in [0.717, 1.165) is 47.5 Å². The van der Waals surface area contributed by atoms with Crippen LogP contribution in [0.2, 0.25) is 0 Å². The third kappa shape index (κ3) is 5.52. The third-order valence-electron chi connectivity index (χ3n) is 5.03. The molecule has 1 N–H and O–H groups in total. The molecule has 1 aliphatic rings. The number of nitrogens with zero attached hydrogens (tertiary/aromatic N) is 1. The molecule has 1 aliphatic heterocycles. The predicted octanol–water partition coefficient (Wildman–Crippen LogP) is 4.86. The monoisotopic (exact) mass is 436 g/mol. The smallest absolute Gasteiger partial charge is 0.276 e. The number of carbonyl (C=O) groups is 1. The van der Waals surface area contributed by atoms with E-state index in [9.17, 15) is 4.79 Å². The lowest BCUT2D eigenvalue weighted by atomic mass is 10.1. The van der Waals surface area contributed by atoms with Gasteiger partial charge in [0.25, 0.3) is 5.91 Å². The number of allylic oxidation sites excluding steroid dienone is 1. The standard InChI is InChI=1S/C25H28N2O3S/c1-4-6-14-27-24(28)21(26-25(27)31)16-18-12-13-22(29-3)20(15-18)17-30-23-11-8-7-10-19(23)9-5-2/h5,7-8,10-13,15-16H,2,4,6,9,14,17H2,1,3H3,(H,26,31)/b21-16+. The van der Waals surface area contributed by atoms with Crippen molar-refractivity contribution in [3.63, 3.8) is 0 Å². The van der Waals surface area contributed by atoms with Crippen LogP contribution >= 0.6 is 12.2 Å². The molecule has 5 nitrogen and oxygen atoms in total. The average molecular weight is 437 g/mol. The molecule has 1 saturated heterocycles. The summed E-state index contributed by atoms with van der Waals surface area (Å²) in [6.45, 7) is 6.87. The van der Waals surface area contributed by atoms with Crippen LogP contribution < -0.4 is 14.8 Å². The van der Waals surface area contributed by atoms with Crippen LogP contribution in [-0.4, -0.2) is 29.6 Å². The highest BCUT2D eigenvalue weighted by molar-refractivity contribution is 7.80. The molecule has 2 aromatic carbocycles. The van der Waals surface area contributed by atoms with Crippen LogP contribution in [0.5, 0.6) is 11.5 Å². The molecule has 31 heavy (non-hydrogen) atoms. The van der Waals surface area contributed by atoms with Gasteiger partial charge in [0.15, 0.2) is 5.11 Å². The number of ether oxygens (including phenoxy) is 2. The number of benzene rings is 2. The maximum atomic E-state index is 12.7. The molecule has 0 aromatic heterocycles. The van der Waals surface area contributed by atoms with Gasteiger partial charge in [-0.3, -0.25) is 9.69 Å². The highest BCUT2D eigenvalue weighted by atomic mass is 32.1. The maximum Gasteiger partial charge on any atom is 0.276 e. The number of nitrogens with one attached hydrogen (secondary N) is 1. The van der Waals surface area contributed by atoms with Gasteiger partial charge in [0.1, 0.15) is 23.8 Å². The molecule has 162 valence electrons. The highest BCUT2D eigenvalue weighted by Crippen LogP contribution is 2.26. The van der Waals surface area contributed by atoms with E-state index in [0.29, 0.717) is 24.0 Å². The average Bonchev–Trinajstić information content (AvgIpc) is 3.04. The van der Waals surface area contributed by atoms with Crippen molar-refractivity contribution in [3.8, 4) is 11.5 Å². The summed E-state index contributed by atoms with van der Waals surface area (Å²) >= 11 is 5.33.